The Hall–Kier alpha value is -3.60. The average molecular weight is 427 g/mol. The topological polar surface area (TPSA) is 140 Å². The number of hydrogen-bond acceptors (Lipinski definition) is 8. The normalized spacial score (nSPS) is 14.0. The number of fused-ring (bicyclic) bond motifs is 1. The van der Waals surface area contributed by atoms with Crippen LogP contribution in [0.3, 0.4) is 0 Å². The molecule has 3 aromatic rings. The van der Waals surface area contributed by atoms with Crippen LogP contribution in [0.25, 0.3) is 10.9 Å². The van der Waals surface area contributed by atoms with Gasteiger partial charge in [-0.2, -0.15) is 4.98 Å². The number of anilines is 3. The van der Waals surface area contributed by atoms with Gasteiger partial charge in [0.1, 0.15) is 16.4 Å². The van der Waals surface area contributed by atoms with Gasteiger partial charge in [0, 0.05) is 37.2 Å². The summed E-state index contributed by atoms with van der Waals surface area (Å²) in [6.45, 7) is 2.05. The van der Waals surface area contributed by atoms with Crippen molar-refractivity contribution in [3.05, 3.63) is 34.5 Å². The highest BCUT2D eigenvalue weighted by Gasteiger charge is 2.26. The number of piperazine rings is 1. The molecule has 0 aliphatic carbocycles. The van der Waals surface area contributed by atoms with Gasteiger partial charge in [0.15, 0.2) is 0 Å². The second-order valence-corrected chi connectivity index (χ2v) is 7.61. The zero-order chi connectivity index (χ0) is 21.3. The predicted octanol–water partition coefficient (Wildman–Crippen LogP) is 1.74. The molecule has 0 saturated carbocycles. The number of hydrogen-bond donors (Lipinski definition) is 3. The smallest absolute Gasteiger partial charge is 0.321 e. The molecule has 4 rings (SSSR count). The maximum atomic E-state index is 12.6. The molecule has 1 saturated heterocycles. The first-order chi connectivity index (χ1) is 14.5. The van der Waals surface area contributed by atoms with Gasteiger partial charge in [-0.25, -0.2) is 9.78 Å². The number of benzene rings is 1. The third-order valence-electron chi connectivity index (χ3n) is 4.88. The van der Waals surface area contributed by atoms with Crippen LogP contribution < -0.4 is 26.4 Å². The Labute approximate surface area is 176 Å². The largest absolute Gasteiger partial charge is 0.497 e. The number of amides is 3. The molecule has 0 radical (unpaired) electrons. The van der Waals surface area contributed by atoms with Crippen molar-refractivity contribution in [1.82, 2.24) is 14.9 Å². The van der Waals surface area contributed by atoms with E-state index in [2.05, 4.69) is 15.3 Å². The lowest BCUT2D eigenvalue weighted by Crippen LogP contribution is -2.50. The lowest BCUT2D eigenvalue weighted by atomic mass is 10.2. The maximum absolute atomic E-state index is 12.6. The van der Waals surface area contributed by atoms with E-state index in [9.17, 15) is 9.59 Å². The molecule has 156 valence electrons. The van der Waals surface area contributed by atoms with Crippen LogP contribution in [0.2, 0.25) is 0 Å². The van der Waals surface area contributed by atoms with E-state index in [1.807, 2.05) is 4.90 Å². The van der Waals surface area contributed by atoms with Crippen LogP contribution >= 0.6 is 11.3 Å². The molecule has 2 aromatic heterocycles. The minimum absolute atomic E-state index is 0.131. The lowest BCUT2D eigenvalue weighted by molar-refractivity contribution is 0.101. The summed E-state index contributed by atoms with van der Waals surface area (Å²) in [5.41, 5.74) is 12.7. The van der Waals surface area contributed by atoms with Gasteiger partial charge in [0.05, 0.1) is 18.0 Å². The van der Waals surface area contributed by atoms with E-state index in [1.165, 1.54) is 11.3 Å². The van der Waals surface area contributed by atoms with Gasteiger partial charge in [-0.3, -0.25) is 4.79 Å². The second kappa shape index (κ2) is 8.03. The zero-order valence-electron chi connectivity index (χ0n) is 16.3. The molecule has 3 heterocycles. The maximum Gasteiger partial charge on any atom is 0.321 e. The minimum Gasteiger partial charge on any atom is -0.497 e. The fourth-order valence-electron chi connectivity index (χ4n) is 3.37. The number of nitrogen functional groups attached to an aromatic ring is 1. The Morgan fingerprint density at radius 1 is 1.13 bits per heavy atom. The standard InChI is InChI=1S/C19H21N7O3S/c1-29-12-4-2-11(3-5-12)22-19(28)26-8-6-25(7-9-26)17-14-13(23-18(21)24-17)10-30-15(14)16(20)27/h2-5,10H,6-9H2,1H3,(H2,20,27)(H2,21,23)(H,22,28). The zero-order valence-corrected chi connectivity index (χ0v) is 17.1. The number of primary amides is 1. The first kappa shape index (κ1) is 19.7. The Balaban J connectivity index is 1.47. The Morgan fingerprint density at radius 2 is 1.83 bits per heavy atom. The third kappa shape index (κ3) is 3.79. The molecule has 1 aliphatic heterocycles. The van der Waals surface area contributed by atoms with Gasteiger partial charge in [0.25, 0.3) is 5.91 Å². The summed E-state index contributed by atoms with van der Waals surface area (Å²) in [5.74, 6) is 0.900. The van der Waals surface area contributed by atoms with E-state index in [0.717, 1.165) is 5.75 Å². The SMILES string of the molecule is COc1ccc(NC(=O)N2CCN(c3nc(N)nc4csc(C(N)=O)c34)CC2)cc1. The minimum atomic E-state index is -0.526. The summed E-state index contributed by atoms with van der Waals surface area (Å²) in [4.78, 5) is 37.1. The number of rotatable bonds is 4. The van der Waals surface area contributed by atoms with Gasteiger partial charge in [-0.1, -0.05) is 0 Å². The van der Waals surface area contributed by atoms with Crippen LogP contribution in [0.5, 0.6) is 5.75 Å². The molecule has 30 heavy (non-hydrogen) atoms. The molecule has 1 aliphatic rings. The molecule has 10 nitrogen and oxygen atoms in total. The Morgan fingerprint density at radius 3 is 2.47 bits per heavy atom. The molecular formula is C19H21N7O3S. The molecule has 0 unspecified atom stereocenters. The summed E-state index contributed by atoms with van der Waals surface area (Å²) in [7, 11) is 1.59. The molecule has 11 heteroatoms. The van der Waals surface area contributed by atoms with E-state index < -0.39 is 5.91 Å². The number of carbonyl (C=O) groups excluding carboxylic acids is 2. The summed E-state index contributed by atoms with van der Waals surface area (Å²) < 4.78 is 5.12. The summed E-state index contributed by atoms with van der Waals surface area (Å²) in [6, 6.07) is 6.97. The van der Waals surface area contributed by atoms with Crippen LogP contribution in [-0.4, -0.2) is 60.1 Å². The molecule has 5 N–H and O–H groups in total. The van der Waals surface area contributed by atoms with Crippen LogP contribution in [0.4, 0.5) is 22.2 Å². The van der Waals surface area contributed by atoms with E-state index in [0.29, 0.717) is 53.5 Å². The highest BCUT2D eigenvalue weighted by atomic mass is 32.1. The summed E-state index contributed by atoms with van der Waals surface area (Å²) >= 11 is 1.22. The third-order valence-corrected chi connectivity index (χ3v) is 5.86. The second-order valence-electron chi connectivity index (χ2n) is 6.73. The van der Waals surface area contributed by atoms with Gasteiger partial charge in [-0.15, -0.1) is 11.3 Å². The molecule has 0 bridgehead atoms. The molecule has 0 atom stereocenters. The Bertz CT molecular complexity index is 1090. The fourth-order valence-corrected chi connectivity index (χ4v) is 4.20. The number of methoxy groups -OCH3 is 1. The van der Waals surface area contributed by atoms with Crippen molar-refractivity contribution in [2.24, 2.45) is 5.73 Å². The summed E-state index contributed by atoms with van der Waals surface area (Å²) in [6.07, 6.45) is 0. The van der Waals surface area contributed by atoms with E-state index >= 15 is 0 Å². The molecule has 1 fully saturated rings. The van der Waals surface area contributed by atoms with Gasteiger partial charge < -0.3 is 31.3 Å². The number of carbonyl (C=O) groups is 2. The molecule has 3 amide bonds. The van der Waals surface area contributed by atoms with Crippen molar-refractivity contribution >= 4 is 51.6 Å². The lowest BCUT2D eigenvalue weighted by Gasteiger charge is -2.35. The highest BCUT2D eigenvalue weighted by Crippen LogP contribution is 2.33. The predicted molar refractivity (Wildman–Crippen MR) is 116 cm³/mol. The number of nitrogens with zero attached hydrogens (tertiary/aromatic N) is 4. The van der Waals surface area contributed by atoms with Crippen molar-refractivity contribution < 1.29 is 14.3 Å². The summed E-state index contributed by atoms with van der Waals surface area (Å²) in [5, 5.41) is 5.24. The number of nitrogens with one attached hydrogen (secondary N) is 1. The van der Waals surface area contributed by atoms with Crippen molar-refractivity contribution in [2.45, 2.75) is 0 Å². The molecule has 1 aromatic carbocycles. The quantitative estimate of drug-likeness (QED) is 0.576. The molecular weight excluding hydrogens is 406 g/mol. The van der Waals surface area contributed by atoms with Crippen molar-refractivity contribution in [1.29, 1.82) is 0 Å². The van der Waals surface area contributed by atoms with E-state index in [4.69, 9.17) is 16.2 Å². The van der Waals surface area contributed by atoms with E-state index in [-0.39, 0.29) is 12.0 Å². The van der Waals surface area contributed by atoms with Crippen LogP contribution in [0.15, 0.2) is 29.6 Å². The van der Waals surface area contributed by atoms with Crippen LogP contribution in [-0.2, 0) is 0 Å². The van der Waals surface area contributed by atoms with Crippen molar-refractivity contribution in [3.8, 4) is 5.75 Å². The van der Waals surface area contributed by atoms with Crippen LogP contribution in [0.1, 0.15) is 9.67 Å². The number of nitrogens with two attached hydrogens (primary N) is 2. The number of urea groups is 1. The van der Waals surface area contributed by atoms with E-state index in [1.54, 1.807) is 41.7 Å². The fraction of sp³-hybridized carbons (Fsp3) is 0.263. The Kier molecular flexibility index (Phi) is 5.27. The first-order valence-electron chi connectivity index (χ1n) is 9.25. The van der Waals surface area contributed by atoms with Crippen LogP contribution in [0, 0.1) is 0 Å². The van der Waals surface area contributed by atoms with Gasteiger partial charge >= 0.3 is 6.03 Å². The highest BCUT2D eigenvalue weighted by molar-refractivity contribution is 7.13. The van der Waals surface area contributed by atoms with Gasteiger partial charge in [0.2, 0.25) is 5.95 Å². The monoisotopic (exact) mass is 427 g/mol. The average Bonchev–Trinajstić information content (AvgIpc) is 3.18. The van der Waals surface area contributed by atoms with Crippen molar-refractivity contribution in [3.63, 3.8) is 0 Å². The number of ether oxygens (including phenoxy) is 1. The number of aromatic nitrogens is 2. The first-order valence-corrected chi connectivity index (χ1v) is 10.1. The van der Waals surface area contributed by atoms with Gasteiger partial charge in [-0.05, 0) is 24.3 Å². The molecule has 0 spiro atoms. The van der Waals surface area contributed by atoms with Crippen molar-refractivity contribution in [2.75, 3.05) is 49.2 Å². The number of thiophene rings is 1.